The Morgan fingerprint density at radius 1 is 0.938 bits per heavy atom. The molecule has 2 aliphatic rings. The lowest BCUT2D eigenvalue weighted by atomic mass is 10.2. The number of amides is 1. The van der Waals surface area contributed by atoms with Crippen LogP contribution in [0.25, 0.3) is 6.08 Å². The number of benzene rings is 1. The third-order valence-electron chi connectivity index (χ3n) is 6.06. The zero-order valence-corrected chi connectivity index (χ0v) is 19.2. The van der Waals surface area contributed by atoms with E-state index in [1.807, 2.05) is 42.2 Å². The molecule has 0 spiro atoms. The van der Waals surface area contributed by atoms with Crippen LogP contribution in [0.4, 0.5) is 11.8 Å². The summed E-state index contributed by atoms with van der Waals surface area (Å²) < 4.78 is 5.17. The summed E-state index contributed by atoms with van der Waals surface area (Å²) in [5.41, 5.74) is 1.95. The Labute approximate surface area is 190 Å². The number of anilines is 2. The largest absolute Gasteiger partial charge is 0.497 e. The maximum absolute atomic E-state index is 12.6. The van der Waals surface area contributed by atoms with E-state index in [1.165, 1.54) is 0 Å². The second-order valence-electron chi connectivity index (χ2n) is 8.38. The van der Waals surface area contributed by atoms with Crippen LogP contribution in [0.15, 0.2) is 36.4 Å². The molecule has 0 aliphatic carbocycles. The SMILES string of the molecule is COc1ccc(/C=C/C(=O)N2CCN(c3nc(C)cc(N4CCN(C)CC4)n3)CC2)cc1. The Balaban J connectivity index is 1.34. The topological polar surface area (TPSA) is 65.0 Å². The summed E-state index contributed by atoms with van der Waals surface area (Å²) in [5.74, 6) is 2.60. The van der Waals surface area contributed by atoms with E-state index in [9.17, 15) is 4.79 Å². The Hall–Kier alpha value is -3.13. The Kier molecular flexibility index (Phi) is 6.90. The molecule has 1 aromatic heterocycles. The molecule has 1 amide bonds. The summed E-state index contributed by atoms with van der Waals surface area (Å²) in [6.45, 7) is 8.85. The van der Waals surface area contributed by atoms with Crippen LogP contribution in [0.5, 0.6) is 5.75 Å². The monoisotopic (exact) mass is 436 g/mol. The third kappa shape index (κ3) is 5.37. The maximum atomic E-state index is 12.6. The number of likely N-dealkylation sites (N-methyl/N-ethyl adjacent to an activating group) is 1. The first kappa shape index (κ1) is 22.1. The van der Waals surface area contributed by atoms with Crippen LogP contribution in [0, 0.1) is 6.92 Å². The van der Waals surface area contributed by atoms with Crippen molar-refractivity contribution in [3.05, 3.63) is 47.7 Å². The molecule has 2 fully saturated rings. The predicted octanol–water partition coefficient (Wildman–Crippen LogP) is 1.91. The van der Waals surface area contributed by atoms with Crippen molar-refractivity contribution in [3.63, 3.8) is 0 Å². The minimum Gasteiger partial charge on any atom is -0.497 e. The number of piperazine rings is 2. The van der Waals surface area contributed by atoms with Crippen LogP contribution in [0.1, 0.15) is 11.3 Å². The van der Waals surface area contributed by atoms with Crippen LogP contribution < -0.4 is 14.5 Å². The molecule has 170 valence electrons. The van der Waals surface area contributed by atoms with Gasteiger partial charge in [0.2, 0.25) is 11.9 Å². The fraction of sp³-hybridized carbons (Fsp3) is 0.458. The smallest absolute Gasteiger partial charge is 0.246 e. The van der Waals surface area contributed by atoms with Crippen molar-refractivity contribution >= 4 is 23.7 Å². The van der Waals surface area contributed by atoms with Gasteiger partial charge < -0.3 is 24.3 Å². The van der Waals surface area contributed by atoms with Gasteiger partial charge in [-0.15, -0.1) is 0 Å². The van der Waals surface area contributed by atoms with E-state index < -0.39 is 0 Å². The molecule has 8 nitrogen and oxygen atoms in total. The molecule has 0 radical (unpaired) electrons. The normalized spacial score (nSPS) is 17.8. The molecule has 2 aliphatic heterocycles. The first-order valence-corrected chi connectivity index (χ1v) is 11.2. The highest BCUT2D eigenvalue weighted by Crippen LogP contribution is 2.20. The average Bonchev–Trinajstić information content (AvgIpc) is 2.83. The molecule has 0 bridgehead atoms. The van der Waals surface area contributed by atoms with Crippen LogP contribution in [0.2, 0.25) is 0 Å². The summed E-state index contributed by atoms with van der Waals surface area (Å²) in [7, 11) is 3.80. The van der Waals surface area contributed by atoms with Crippen LogP contribution in [-0.2, 0) is 4.79 Å². The van der Waals surface area contributed by atoms with Crippen molar-refractivity contribution in [3.8, 4) is 5.75 Å². The molecule has 0 N–H and O–H groups in total. The summed E-state index contributed by atoms with van der Waals surface area (Å²) in [5, 5.41) is 0. The van der Waals surface area contributed by atoms with E-state index in [0.717, 1.165) is 68.0 Å². The van der Waals surface area contributed by atoms with E-state index >= 15 is 0 Å². The summed E-state index contributed by atoms with van der Waals surface area (Å²) in [6, 6.07) is 9.72. The number of carbonyl (C=O) groups is 1. The molecule has 2 aromatic rings. The number of aromatic nitrogens is 2. The number of nitrogens with zero attached hydrogens (tertiary/aromatic N) is 6. The van der Waals surface area contributed by atoms with E-state index in [-0.39, 0.29) is 5.91 Å². The molecular formula is C24H32N6O2. The first-order chi connectivity index (χ1) is 15.5. The molecular weight excluding hydrogens is 404 g/mol. The summed E-state index contributed by atoms with van der Waals surface area (Å²) in [6.07, 6.45) is 3.49. The van der Waals surface area contributed by atoms with Crippen molar-refractivity contribution in [1.29, 1.82) is 0 Å². The number of rotatable bonds is 5. The van der Waals surface area contributed by atoms with Crippen molar-refractivity contribution in [2.75, 3.05) is 76.3 Å². The Bertz CT molecular complexity index is 945. The van der Waals surface area contributed by atoms with Crippen molar-refractivity contribution in [1.82, 2.24) is 19.8 Å². The average molecular weight is 437 g/mol. The lowest BCUT2D eigenvalue weighted by Crippen LogP contribution is -2.49. The highest BCUT2D eigenvalue weighted by atomic mass is 16.5. The molecule has 1 aromatic carbocycles. The molecule has 3 heterocycles. The van der Waals surface area contributed by atoms with Crippen LogP contribution in [0.3, 0.4) is 0 Å². The number of hydrogen-bond acceptors (Lipinski definition) is 7. The van der Waals surface area contributed by atoms with Gasteiger partial charge >= 0.3 is 0 Å². The second kappa shape index (κ2) is 9.99. The zero-order chi connectivity index (χ0) is 22.5. The van der Waals surface area contributed by atoms with Gasteiger partial charge in [0.05, 0.1) is 7.11 Å². The molecule has 0 unspecified atom stereocenters. The van der Waals surface area contributed by atoms with Crippen molar-refractivity contribution < 1.29 is 9.53 Å². The van der Waals surface area contributed by atoms with Gasteiger partial charge in [0.15, 0.2) is 0 Å². The molecule has 8 heteroatoms. The number of carbonyl (C=O) groups excluding carboxylic acids is 1. The fourth-order valence-corrected chi connectivity index (χ4v) is 3.99. The van der Waals surface area contributed by atoms with Gasteiger partial charge in [-0.3, -0.25) is 4.79 Å². The highest BCUT2D eigenvalue weighted by Gasteiger charge is 2.23. The molecule has 0 saturated carbocycles. The lowest BCUT2D eigenvalue weighted by Gasteiger charge is -2.36. The Morgan fingerprint density at radius 3 is 2.25 bits per heavy atom. The number of aryl methyl sites for hydroxylation is 1. The quantitative estimate of drug-likeness (QED) is 0.664. The minimum absolute atomic E-state index is 0.0313. The van der Waals surface area contributed by atoms with Gasteiger partial charge in [-0.2, -0.15) is 4.98 Å². The van der Waals surface area contributed by atoms with Gasteiger partial charge in [-0.05, 0) is 37.7 Å². The maximum Gasteiger partial charge on any atom is 0.246 e. The zero-order valence-electron chi connectivity index (χ0n) is 19.2. The van der Waals surface area contributed by atoms with Gasteiger partial charge in [-0.1, -0.05) is 12.1 Å². The first-order valence-electron chi connectivity index (χ1n) is 11.2. The third-order valence-corrected chi connectivity index (χ3v) is 6.06. The molecule has 2 saturated heterocycles. The molecule has 0 atom stereocenters. The van der Waals surface area contributed by atoms with E-state index in [0.29, 0.717) is 13.1 Å². The standard InChI is InChI=1S/C24H32N6O2/c1-19-18-22(28-12-10-27(2)11-13-28)26-24(25-19)30-16-14-29(15-17-30)23(31)9-6-20-4-7-21(32-3)8-5-20/h4-9,18H,10-17H2,1-3H3/b9-6+. The van der Waals surface area contributed by atoms with Gasteiger partial charge in [0, 0.05) is 70.2 Å². The summed E-state index contributed by atoms with van der Waals surface area (Å²) in [4.78, 5) is 30.9. The molecule has 4 rings (SSSR count). The van der Waals surface area contributed by atoms with Crippen molar-refractivity contribution in [2.24, 2.45) is 0 Å². The van der Waals surface area contributed by atoms with Crippen LogP contribution in [-0.4, -0.2) is 92.2 Å². The fourth-order valence-electron chi connectivity index (χ4n) is 3.99. The lowest BCUT2D eigenvalue weighted by molar-refractivity contribution is -0.126. The van der Waals surface area contributed by atoms with Gasteiger partial charge in [-0.25, -0.2) is 4.98 Å². The van der Waals surface area contributed by atoms with E-state index in [4.69, 9.17) is 9.72 Å². The summed E-state index contributed by atoms with van der Waals surface area (Å²) >= 11 is 0. The van der Waals surface area contributed by atoms with E-state index in [1.54, 1.807) is 13.2 Å². The minimum atomic E-state index is 0.0313. The number of hydrogen-bond donors (Lipinski definition) is 0. The van der Waals surface area contributed by atoms with Crippen molar-refractivity contribution in [2.45, 2.75) is 6.92 Å². The second-order valence-corrected chi connectivity index (χ2v) is 8.38. The predicted molar refractivity (Wildman–Crippen MR) is 127 cm³/mol. The highest BCUT2D eigenvalue weighted by molar-refractivity contribution is 5.92. The number of ether oxygens (including phenoxy) is 1. The van der Waals surface area contributed by atoms with Gasteiger partial charge in [0.25, 0.3) is 0 Å². The Morgan fingerprint density at radius 2 is 1.59 bits per heavy atom. The van der Waals surface area contributed by atoms with E-state index in [2.05, 4.69) is 32.8 Å². The van der Waals surface area contributed by atoms with Gasteiger partial charge in [0.1, 0.15) is 11.6 Å². The number of methoxy groups -OCH3 is 1. The van der Waals surface area contributed by atoms with Crippen LogP contribution >= 0.6 is 0 Å². The molecule has 32 heavy (non-hydrogen) atoms.